The molecule has 0 aromatic heterocycles. The molecule has 0 spiro atoms. The van der Waals surface area contributed by atoms with Gasteiger partial charge >= 0.3 is 0 Å². The normalized spacial score (nSPS) is 12.7. The van der Waals surface area contributed by atoms with Gasteiger partial charge in [0.2, 0.25) is 0 Å². The number of hydrogen-bond acceptors (Lipinski definition) is 4. The van der Waals surface area contributed by atoms with Gasteiger partial charge in [0, 0.05) is 23.7 Å². The topological polar surface area (TPSA) is 58.9 Å². The van der Waals surface area contributed by atoms with Crippen LogP contribution in [-0.2, 0) is 10.2 Å². The molecule has 0 aliphatic carbocycles. The maximum Gasteiger partial charge on any atom is 0.127 e. The quantitative estimate of drug-likeness (QED) is 0.382. The Morgan fingerprint density at radius 3 is 2.33 bits per heavy atom. The first-order valence-corrected chi connectivity index (χ1v) is 11.2. The minimum absolute atomic E-state index is 0.123. The molecule has 0 radical (unpaired) electrons. The van der Waals surface area contributed by atoms with E-state index in [4.69, 9.17) is 9.47 Å². The summed E-state index contributed by atoms with van der Waals surface area (Å²) in [5, 5.41) is 20.2. The largest absolute Gasteiger partial charge is 0.508 e. The second kappa shape index (κ2) is 12.6. The summed E-state index contributed by atoms with van der Waals surface area (Å²) >= 11 is 0. The highest BCUT2D eigenvalue weighted by Crippen LogP contribution is 2.38. The van der Waals surface area contributed by atoms with Crippen LogP contribution in [0.1, 0.15) is 70.4 Å². The number of rotatable bonds is 14. The maximum atomic E-state index is 10.3. The molecule has 2 aromatic carbocycles. The molecule has 2 N–H and O–H groups in total. The number of unbranched alkanes of at least 4 members (excludes halogenated alkanes) is 5. The van der Waals surface area contributed by atoms with Crippen molar-refractivity contribution in [3.63, 3.8) is 0 Å². The zero-order valence-electron chi connectivity index (χ0n) is 18.8. The molecule has 4 nitrogen and oxygen atoms in total. The number of phenols is 1. The van der Waals surface area contributed by atoms with Crippen molar-refractivity contribution >= 4 is 0 Å². The average molecular weight is 415 g/mol. The van der Waals surface area contributed by atoms with Crippen molar-refractivity contribution in [2.75, 3.05) is 19.8 Å². The fourth-order valence-corrected chi connectivity index (χ4v) is 3.60. The van der Waals surface area contributed by atoms with Crippen molar-refractivity contribution in [1.82, 2.24) is 0 Å². The van der Waals surface area contributed by atoms with Gasteiger partial charge in [0.1, 0.15) is 24.2 Å². The zero-order valence-corrected chi connectivity index (χ0v) is 18.8. The van der Waals surface area contributed by atoms with Gasteiger partial charge in [0.05, 0.1) is 6.61 Å². The van der Waals surface area contributed by atoms with Crippen LogP contribution in [0.4, 0.5) is 0 Å². The van der Waals surface area contributed by atoms with Crippen LogP contribution in [0, 0.1) is 0 Å². The number of hydrogen-bond donors (Lipinski definition) is 2. The minimum atomic E-state index is -0.708. The fourth-order valence-electron chi connectivity index (χ4n) is 3.60. The van der Waals surface area contributed by atoms with Crippen molar-refractivity contribution < 1.29 is 19.7 Å². The van der Waals surface area contributed by atoms with Gasteiger partial charge in [0.15, 0.2) is 0 Å². The van der Waals surface area contributed by atoms with Crippen molar-refractivity contribution in [3.8, 4) is 11.5 Å². The van der Waals surface area contributed by atoms with Crippen LogP contribution < -0.4 is 4.74 Å². The molecule has 0 heterocycles. The van der Waals surface area contributed by atoms with Gasteiger partial charge in [-0.15, -0.1) is 0 Å². The Kier molecular flexibility index (Phi) is 10.2. The number of aliphatic hydroxyl groups excluding tert-OH is 1. The molecule has 4 heteroatoms. The van der Waals surface area contributed by atoms with Crippen LogP contribution in [0.5, 0.6) is 11.5 Å². The standard InChI is InChI=1S/C26H38O4/c1-4-5-6-7-8-12-17-29-19-23(28)20-30-25-18-22(27)15-16-24(25)26(2,3)21-13-10-9-11-14-21/h9-11,13-16,18,23,27-28H,4-8,12,17,19-20H2,1-3H3. The van der Waals surface area contributed by atoms with Gasteiger partial charge in [0.25, 0.3) is 0 Å². The predicted octanol–water partition coefficient (Wildman–Crippen LogP) is 5.83. The summed E-state index contributed by atoms with van der Waals surface area (Å²) in [7, 11) is 0. The molecule has 0 aliphatic rings. The molecule has 1 unspecified atom stereocenters. The van der Waals surface area contributed by atoms with Crippen LogP contribution in [-0.4, -0.2) is 36.1 Å². The average Bonchev–Trinajstić information content (AvgIpc) is 2.74. The summed E-state index contributed by atoms with van der Waals surface area (Å²) in [6.07, 6.45) is 6.59. The monoisotopic (exact) mass is 414 g/mol. The molecule has 0 amide bonds. The van der Waals surface area contributed by atoms with E-state index < -0.39 is 6.10 Å². The van der Waals surface area contributed by atoms with Gasteiger partial charge in [-0.3, -0.25) is 0 Å². The summed E-state index contributed by atoms with van der Waals surface area (Å²) in [5.41, 5.74) is 1.82. The number of aliphatic hydroxyl groups is 1. The van der Waals surface area contributed by atoms with E-state index in [9.17, 15) is 10.2 Å². The molecule has 0 saturated carbocycles. The smallest absolute Gasteiger partial charge is 0.127 e. The first-order valence-electron chi connectivity index (χ1n) is 11.2. The zero-order chi connectivity index (χ0) is 21.8. The Bertz CT molecular complexity index is 727. The number of benzene rings is 2. The van der Waals surface area contributed by atoms with Crippen molar-refractivity contribution in [3.05, 3.63) is 59.7 Å². The lowest BCUT2D eigenvalue weighted by Gasteiger charge is -2.28. The second-order valence-corrected chi connectivity index (χ2v) is 8.48. The molecule has 30 heavy (non-hydrogen) atoms. The van der Waals surface area contributed by atoms with E-state index in [1.807, 2.05) is 24.3 Å². The Labute approximate surface area is 181 Å². The predicted molar refractivity (Wildman–Crippen MR) is 122 cm³/mol. The molecule has 0 fully saturated rings. The summed E-state index contributed by atoms with van der Waals surface area (Å²) in [4.78, 5) is 0. The molecule has 2 aromatic rings. The van der Waals surface area contributed by atoms with Crippen molar-refractivity contribution in [2.45, 2.75) is 70.8 Å². The highest BCUT2D eigenvalue weighted by molar-refractivity contribution is 5.49. The third kappa shape index (κ3) is 7.66. The number of phenolic OH excluding ortho intramolecular Hbond substituents is 1. The highest BCUT2D eigenvalue weighted by atomic mass is 16.5. The van der Waals surface area contributed by atoms with E-state index in [0.717, 1.165) is 17.5 Å². The molecule has 0 saturated heterocycles. The van der Waals surface area contributed by atoms with Gasteiger partial charge in [-0.05, 0) is 18.1 Å². The minimum Gasteiger partial charge on any atom is -0.508 e. The SMILES string of the molecule is CCCCCCCCOCC(O)COc1cc(O)ccc1C(C)(C)c1ccccc1. The van der Waals surface area contributed by atoms with Crippen molar-refractivity contribution in [2.24, 2.45) is 0 Å². The van der Waals surface area contributed by atoms with E-state index in [1.54, 1.807) is 12.1 Å². The third-order valence-electron chi connectivity index (χ3n) is 5.52. The third-order valence-corrected chi connectivity index (χ3v) is 5.52. The van der Waals surface area contributed by atoms with E-state index in [2.05, 4.69) is 32.9 Å². The van der Waals surface area contributed by atoms with Crippen LogP contribution in [0.2, 0.25) is 0 Å². The first-order chi connectivity index (χ1) is 14.4. The van der Waals surface area contributed by atoms with E-state index >= 15 is 0 Å². The fraction of sp³-hybridized carbons (Fsp3) is 0.538. The van der Waals surface area contributed by atoms with Crippen LogP contribution >= 0.6 is 0 Å². The molecule has 2 rings (SSSR count). The molecular formula is C26H38O4. The number of aromatic hydroxyl groups is 1. The van der Waals surface area contributed by atoms with Gasteiger partial charge in [-0.1, -0.05) is 89.3 Å². The maximum absolute atomic E-state index is 10.3. The lowest BCUT2D eigenvalue weighted by atomic mass is 9.77. The molecule has 0 aliphatic heterocycles. The molecular weight excluding hydrogens is 376 g/mol. The van der Waals surface area contributed by atoms with E-state index in [0.29, 0.717) is 12.4 Å². The summed E-state index contributed by atoms with van der Waals surface area (Å²) in [6, 6.07) is 15.4. The molecule has 0 bridgehead atoms. The van der Waals surface area contributed by atoms with Crippen LogP contribution in [0.15, 0.2) is 48.5 Å². The Morgan fingerprint density at radius 1 is 0.900 bits per heavy atom. The Morgan fingerprint density at radius 2 is 1.60 bits per heavy atom. The second-order valence-electron chi connectivity index (χ2n) is 8.48. The first kappa shape index (κ1) is 24.2. The van der Waals surface area contributed by atoms with Gasteiger partial charge in [-0.25, -0.2) is 0 Å². The van der Waals surface area contributed by atoms with Crippen LogP contribution in [0.3, 0.4) is 0 Å². The summed E-state index contributed by atoms with van der Waals surface area (Å²) in [5.74, 6) is 0.727. The molecule has 166 valence electrons. The van der Waals surface area contributed by atoms with E-state index in [-0.39, 0.29) is 24.4 Å². The van der Waals surface area contributed by atoms with Gasteiger partial charge < -0.3 is 19.7 Å². The van der Waals surface area contributed by atoms with Crippen molar-refractivity contribution in [1.29, 1.82) is 0 Å². The van der Waals surface area contributed by atoms with E-state index in [1.165, 1.54) is 32.1 Å². The number of ether oxygens (including phenoxy) is 2. The lowest BCUT2D eigenvalue weighted by molar-refractivity contribution is 0.0106. The summed E-state index contributed by atoms with van der Waals surface area (Å²) < 4.78 is 11.5. The van der Waals surface area contributed by atoms with Gasteiger partial charge in [-0.2, -0.15) is 0 Å². The lowest BCUT2D eigenvalue weighted by Crippen LogP contribution is -2.25. The Hall–Kier alpha value is -2.04. The molecule has 1 atom stereocenters. The highest BCUT2D eigenvalue weighted by Gasteiger charge is 2.27. The van der Waals surface area contributed by atoms with Crippen LogP contribution in [0.25, 0.3) is 0 Å². The summed E-state index contributed by atoms with van der Waals surface area (Å²) in [6.45, 7) is 7.52. The Balaban J connectivity index is 1.86.